The zero-order valence-corrected chi connectivity index (χ0v) is 9.90. The quantitative estimate of drug-likeness (QED) is 0.834. The Morgan fingerprint density at radius 3 is 2.69 bits per heavy atom. The third kappa shape index (κ3) is 3.18. The number of ether oxygens (including phenoxy) is 1. The van der Waals surface area contributed by atoms with Gasteiger partial charge in [0.25, 0.3) is 0 Å². The SMILES string of the molecule is COCCN(C)c1ccc([C@@H](C)O)cc1F. The van der Waals surface area contributed by atoms with Crippen molar-refractivity contribution in [2.24, 2.45) is 0 Å². The highest BCUT2D eigenvalue weighted by atomic mass is 19.1. The molecule has 16 heavy (non-hydrogen) atoms. The molecule has 0 aliphatic rings. The fraction of sp³-hybridized carbons (Fsp3) is 0.500. The lowest BCUT2D eigenvalue weighted by atomic mass is 10.1. The highest BCUT2D eigenvalue weighted by molar-refractivity contribution is 5.48. The maximum atomic E-state index is 13.7. The van der Waals surface area contributed by atoms with Crippen LogP contribution in [0.3, 0.4) is 0 Å². The van der Waals surface area contributed by atoms with Gasteiger partial charge in [-0.25, -0.2) is 4.39 Å². The number of rotatable bonds is 5. The van der Waals surface area contributed by atoms with Crippen LogP contribution in [0.1, 0.15) is 18.6 Å². The van der Waals surface area contributed by atoms with Crippen LogP contribution in [-0.4, -0.2) is 32.4 Å². The predicted molar refractivity (Wildman–Crippen MR) is 62.2 cm³/mol. The van der Waals surface area contributed by atoms with Crippen LogP contribution >= 0.6 is 0 Å². The van der Waals surface area contributed by atoms with Crippen LogP contribution in [0.25, 0.3) is 0 Å². The Labute approximate surface area is 95.5 Å². The molecule has 0 radical (unpaired) electrons. The first kappa shape index (κ1) is 12.9. The number of nitrogens with zero attached hydrogens (tertiary/aromatic N) is 1. The maximum Gasteiger partial charge on any atom is 0.146 e. The van der Waals surface area contributed by atoms with Crippen LogP contribution in [0.15, 0.2) is 18.2 Å². The Bertz CT molecular complexity index is 342. The molecule has 1 N–H and O–H groups in total. The van der Waals surface area contributed by atoms with Gasteiger partial charge in [0, 0.05) is 20.7 Å². The molecule has 0 fully saturated rings. The summed E-state index contributed by atoms with van der Waals surface area (Å²) in [6, 6.07) is 4.77. The number of hydrogen-bond donors (Lipinski definition) is 1. The zero-order chi connectivity index (χ0) is 12.1. The van der Waals surface area contributed by atoms with Crippen LogP contribution in [0.2, 0.25) is 0 Å². The molecule has 1 atom stereocenters. The van der Waals surface area contributed by atoms with E-state index in [-0.39, 0.29) is 5.82 Å². The number of methoxy groups -OCH3 is 1. The Balaban J connectivity index is 2.81. The molecular formula is C12H18FNO2. The molecule has 0 aliphatic carbocycles. The van der Waals surface area contributed by atoms with Crippen molar-refractivity contribution < 1.29 is 14.2 Å². The molecule has 0 bridgehead atoms. The van der Waals surface area contributed by atoms with Crippen molar-refractivity contribution in [1.29, 1.82) is 0 Å². The molecule has 4 heteroatoms. The van der Waals surface area contributed by atoms with Gasteiger partial charge in [-0.3, -0.25) is 0 Å². The van der Waals surface area contributed by atoms with Gasteiger partial charge >= 0.3 is 0 Å². The van der Waals surface area contributed by atoms with Gasteiger partial charge in [-0.1, -0.05) is 6.07 Å². The molecule has 0 spiro atoms. The molecule has 3 nitrogen and oxygen atoms in total. The molecule has 1 aromatic rings. The highest BCUT2D eigenvalue weighted by Gasteiger charge is 2.10. The first-order chi connectivity index (χ1) is 7.56. The average Bonchev–Trinajstić information content (AvgIpc) is 2.25. The fourth-order valence-electron chi connectivity index (χ4n) is 1.44. The first-order valence-electron chi connectivity index (χ1n) is 5.24. The number of halogens is 1. The van der Waals surface area contributed by atoms with Crippen molar-refractivity contribution in [2.45, 2.75) is 13.0 Å². The zero-order valence-electron chi connectivity index (χ0n) is 9.90. The molecule has 1 aromatic carbocycles. The summed E-state index contributed by atoms with van der Waals surface area (Å²) < 4.78 is 18.6. The van der Waals surface area contributed by atoms with E-state index >= 15 is 0 Å². The van der Waals surface area contributed by atoms with E-state index in [9.17, 15) is 9.50 Å². The molecule has 0 aromatic heterocycles. The van der Waals surface area contributed by atoms with Gasteiger partial charge in [-0.2, -0.15) is 0 Å². The van der Waals surface area contributed by atoms with Crippen molar-refractivity contribution in [2.75, 3.05) is 32.2 Å². The second-order valence-electron chi connectivity index (χ2n) is 3.80. The molecule has 0 saturated carbocycles. The second kappa shape index (κ2) is 5.82. The molecule has 0 aliphatic heterocycles. The van der Waals surface area contributed by atoms with Crippen molar-refractivity contribution in [3.8, 4) is 0 Å². The van der Waals surface area contributed by atoms with Gasteiger partial charge in [-0.05, 0) is 24.6 Å². The number of anilines is 1. The van der Waals surface area contributed by atoms with Crippen LogP contribution in [0, 0.1) is 5.82 Å². The van der Waals surface area contributed by atoms with Gasteiger partial charge in [0.05, 0.1) is 18.4 Å². The summed E-state index contributed by atoms with van der Waals surface area (Å²) in [5.74, 6) is -0.322. The minimum Gasteiger partial charge on any atom is -0.389 e. The molecule has 1 rings (SSSR count). The van der Waals surface area contributed by atoms with Gasteiger partial charge < -0.3 is 14.7 Å². The lowest BCUT2D eigenvalue weighted by Gasteiger charge is -2.20. The topological polar surface area (TPSA) is 32.7 Å². The van der Waals surface area contributed by atoms with E-state index in [0.29, 0.717) is 24.4 Å². The van der Waals surface area contributed by atoms with Crippen molar-refractivity contribution in [1.82, 2.24) is 0 Å². The number of benzene rings is 1. The van der Waals surface area contributed by atoms with E-state index in [2.05, 4.69) is 0 Å². The second-order valence-corrected chi connectivity index (χ2v) is 3.80. The van der Waals surface area contributed by atoms with Gasteiger partial charge in [0.15, 0.2) is 0 Å². The lowest BCUT2D eigenvalue weighted by molar-refractivity contribution is 0.198. The van der Waals surface area contributed by atoms with Gasteiger partial charge in [-0.15, -0.1) is 0 Å². The summed E-state index contributed by atoms with van der Waals surface area (Å²) in [6.45, 7) is 2.79. The van der Waals surface area contributed by atoms with Gasteiger partial charge in [0.1, 0.15) is 5.82 Å². The Hall–Kier alpha value is -1.13. The van der Waals surface area contributed by atoms with E-state index in [1.807, 2.05) is 0 Å². The monoisotopic (exact) mass is 227 g/mol. The summed E-state index contributed by atoms with van der Waals surface area (Å²) >= 11 is 0. The third-order valence-corrected chi connectivity index (χ3v) is 2.50. The standard InChI is InChI=1S/C12H18FNO2/c1-9(15)10-4-5-12(11(13)8-10)14(2)6-7-16-3/h4-5,8-9,15H,6-7H2,1-3H3/t9-/m1/s1. The Morgan fingerprint density at radius 2 is 2.19 bits per heavy atom. The third-order valence-electron chi connectivity index (χ3n) is 2.50. The molecule has 0 saturated heterocycles. The lowest BCUT2D eigenvalue weighted by Crippen LogP contribution is -2.23. The van der Waals surface area contributed by atoms with E-state index in [0.717, 1.165) is 0 Å². The predicted octanol–water partition coefficient (Wildman–Crippen LogP) is 1.96. The fourth-order valence-corrected chi connectivity index (χ4v) is 1.44. The van der Waals surface area contributed by atoms with Crippen molar-refractivity contribution >= 4 is 5.69 Å². The number of hydrogen-bond acceptors (Lipinski definition) is 3. The molecule has 0 unspecified atom stereocenters. The highest BCUT2D eigenvalue weighted by Crippen LogP contribution is 2.22. The summed E-state index contributed by atoms with van der Waals surface area (Å²) in [5.41, 5.74) is 1.10. The van der Waals surface area contributed by atoms with Crippen LogP contribution < -0.4 is 4.90 Å². The average molecular weight is 227 g/mol. The minimum absolute atomic E-state index is 0.322. The first-order valence-corrected chi connectivity index (χ1v) is 5.24. The molecular weight excluding hydrogens is 209 g/mol. The van der Waals surface area contributed by atoms with Crippen molar-refractivity contribution in [3.63, 3.8) is 0 Å². The number of aliphatic hydroxyl groups is 1. The summed E-state index contributed by atoms with van der Waals surface area (Å²) in [6.07, 6.45) is -0.646. The molecule has 90 valence electrons. The van der Waals surface area contributed by atoms with E-state index in [1.54, 1.807) is 38.1 Å². The maximum absolute atomic E-state index is 13.7. The summed E-state index contributed by atoms with van der Waals surface area (Å²) in [4.78, 5) is 1.78. The summed E-state index contributed by atoms with van der Waals surface area (Å²) in [7, 11) is 3.42. The number of likely N-dealkylation sites (N-methyl/N-ethyl adjacent to an activating group) is 1. The largest absolute Gasteiger partial charge is 0.389 e. The Morgan fingerprint density at radius 1 is 1.50 bits per heavy atom. The summed E-state index contributed by atoms with van der Waals surface area (Å²) in [5, 5.41) is 9.32. The smallest absolute Gasteiger partial charge is 0.146 e. The van der Waals surface area contributed by atoms with Crippen LogP contribution in [0.5, 0.6) is 0 Å². The van der Waals surface area contributed by atoms with Gasteiger partial charge in [0.2, 0.25) is 0 Å². The normalized spacial score (nSPS) is 12.6. The minimum atomic E-state index is -0.646. The van der Waals surface area contributed by atoms with Crippen LogP contribution in [-0.2, 0) is 4.74 Å². The molecule has 0 amide bonds. The molecule has 0 heterocycles. The van der Waals surface area contributed by atoms with E-state index in [1.165, 1.54) is 6.07 Å². The Kier molecular flexibility index (Phi) is 4.71. The van der Waals surface area contributed by atoms with E-state index in [4.69, 9.17) is 4.74 Å². The van der Waals surface area contributed by atoms with Crippen LogP contribution in [0.4, 0.5) is 10.1 Å². The van der Waals surface area contributed by atoms with E-state index < -0.39 is 6.10 Å². The number of aliphatic hydroxyl groups excluding tert-OH is 1. The van der Waals surface area contributed by atoms with Crippen molar-refractivity contribution in [3.05, 3.63) is 29.6 Å².